The summed E-state index contributed by atoms with van der Waals surface area (Å²) < 4.78 is 1.72. The lowest BCUT2D eigenvalue weighted by atomic mass is 9.98. The molecule has 0 aliphatic carbocycles. The fraction of sp³-hybridized carbons (Fsp3) is 0.346. The second kappa shape index (κ2) is 9.58. The summed E-state index contributed by atoms with van der Waals surface area (Å²) in [5.41, 5.74) is 3.51. The summed E-state index contributed by atoms with van der Waals surface area (Å²) in [6.07, 6.45) is 5.66. The van der Waals surface area contributed by atoms with Crippen molar-refractivity contribution in [2.75, 3.05) is 18.5 Å². The van der Waals surface area contributed by atoms with Crippen LogP contribution in [0.2, 0.25) is 0 Å². The van der Waals surface area contributed by atoms with Gasteiger partial charge < -0.3 is 10.2 Å². The van der Waals surface area contributed by atoms with Gasteiger partial charge in [-0.15, -0.1) is 11.3 Å². The van der Waals surface area contributed by atoms with Gasteiger partial charge in [-0.1, -0.05) is 19.9 Å². The van der Waals surface area contributed by atoms with Crippen molar-refractivity contribution in [3.63, 3.8) is 0 Å². The summed E-state index contributed by atoms with van der Waals surface area (Å²) >= 11 is 1.63. The molecule has 0 unspecified atom stereocenters. The molecule has 1 atom stereocenters. The number of Topliss-reactive ketones (excluding diaryl/α,β-unsaturated/α-hetero) is 1. The average molecular weight is 489 g/mol. The molecule has 1 aliphatic heterocycles. The van der Waals surface area contributed by atoms with Crippen LogP contribution in [0.25, 0.3) is 27.5 Å². The van der Waals surface area contributed by atoms with Crippen molar-refractivity contribution in [2.24, 2.45) is 5.92 Å². The van der Waals surface area contributed by atoms with E-state index in [4.69, 9.17) is 9.97 Å². The predicted octanol–water partition coefficient (Wildman–Crippen LogP) is 4.46. The van der Waals surface area contributed by atoms with Crippen molar-refractivity contribution < 1.29 is 9.59 Å². The first-order valence-electron chi connectivity index (χ1n) is 11.9. The van der Waals surface area contributed by atoms with Crippen LogP contribution >= 0.6 is 11.3 Å². The van der Waals surface area contributed by atoms with E-state index in [9.17, 15) is 9.59 Å². The molecule has 5 rings (SSSR count). The molecule has 1 amide bonds. The van der Waals surface area contributed by atoms with Crippen molar-refractivity contribution in [3.8, 4) is 21.8 Å². The number of amides is 1. The Morgan fingerprint density at radius 1 is 1.20 bits per heavy atom. The fourth-order valence-electron chi connectivity index (χ4n) is 4.24. The van der Waals surface area contributed by atoms with E-state index in [0.29, 0.717) is 41.6 Å². The van der Waals surface area contributed by atoms with Crippen LogP contribution in [0.4, 0.5) is 5.82 Å². The van der Waals surface area contributed by atoms with Crippen molar-refractivity contribution in [2.45, 2.75) is 39.2 Å². The first-order chi connectivity index (χ1) is 16.9. The molecule has 1 aliphatic rings. The maximum Gasteiger partial charge on any atom is 0.242 e. The normalized spacial score (nSPS) is 15.4. The number of hydrogen-bond donors (Lipinski definition) is 1. The molecule has 9 heteroatoms. The SMILES string of the molecule is CNC(=O)[C@@H]1CCN1c1cc(C(=O)CCC(C)C)cc(-c2cnn3ccc(-c4cccs4)nc23)n1. The van der Waals surface area contributed by atoms with Crippen LogP contribution in [0, 0.1) is 5.92 Å². The predicted molar refractivity (Wildman–Crippen MR) is 138 cm³/mol. The van der Waals surface area contributed by atoms with Gasteiger partial charge in [-0.2, -0.15) is 5.10 Å². The van der Waals surface area contributed by atoms with Crippen LogP contribution in [0.1, 0.15) is 43.5 Å². The number of hydrogen-bond acceptors (Lipinski definition) is 7. The number of nitrogens with one attached hydrogen (secondary N) is 1. The Balaban J connectivity index is 1.59. The van der Waals surface area contributed by atoms with Crippen LogP contribution in [0.3, 0.4) is 0 Å². The zero-order valence-electron chi connectivity index (χ0n) is 20.1. The molecule has 180 valence electrons. The van der Waals surface area contributed by atoms with Gasteiger partial charge in [0.25, 0.3) is 0 Å². The van der Waals surface area contributed by atoms with E-state index < -0.39 is 0 Å². The molecule has 0 spiro atoms. The van der Waals surface area contributed by atoms with Gasteiger partial charge >= 0.3 is 0 Å². The van der Waals surface area contributed by atoms with Crippen LogP contribution in [-0.2, 0) is 4.79 Å². The molecule has 1 fully saturated rings. The summed E-state index contributed by atoms with van der Waals surface area (Å²) in [6, 6.07) is 9.34. The van der Waals surface area contributed by atoms with Gasteiger partial charge in [0.15, 0.2) is 11.4 Å². The lowest BCUT2D eigenvalue weighted by Gasteiger charge is -2.40. The van der Waals surface area contributed by atoms with Gasteiger partial charge in [0, 0.05) is 31.8 Å². The van der Waals surface area contributed by atoms with Crippen LogP contribution in [0.15, 0.2) is 48.1 Å². The summed E-state index contributed by atoms with van der Waals surface area (Å²) in [6.45, 7) is 4.94. The molecule has 5 heterocycles. The van der Waals surface area contributed by atoms with E-state index in [-0.39, 0.29) is 17.7 Å². The molecule has 35 heavy (non-hydrogen) atoms. The average Bonchev–Trinajstić information content (AvgIpc) is 3.51. The molecule has 0 radical (unpaired) electrons. The second-order valence-electron chi connectivity index (χ2n) is 9.18. The zero-order chi connectivity index (χ0) is 24.5. The topological polar surface area (TPSA) is 92.5 Å². The Bertz CT molecular complexity index is 1380. The first kappa shape index (κ1) is 23.2. The number of likely N-dealkylation sites (N-methyl/N-ethyl adjacent to an activating group) is 1. The molecule has 4 aromatic rings. The number of carbonyl (C=O) groups excluding carboxylic acids is 2. The van der Waals surface area contributed by atoms with Gasteiger partial charge in [0.05, 0.1) is 28.0 Å². The van der Waals surface area contributed by atoms with E-state index in [1.807, 2.05) is 46.8 Å². The van der Waals surface area contributed by atoms with E-state index >= 15 is 0 Å². The summed E-state index contributed by atoms with van der Waals surface area (Å²) in [5.74, 6) is 1.09. The molecule has 0 bridgehead atoms. The fourth-order valence-corrected chi connectivity index (χ4v) is 4.93. The highest BCUT2D eigenvalue weighted by atomic mass is 32.1. The monoisotopic (exact) mass is 488 g/mol. The quantitative estimate of drug-likeness (QED) is 0.368. The Labute approximate surface area is 208 Å². The summed E-state index contributed by atoms with van der Waals surface area (Å²) in [4.78, 5) is 38.3. The smallest absolute Gasteiger partial charge is 0.242 e. The van der Waals surface area contributed by atoms with Gasteiger partial charge in [-0.25, -0.2) is 14.5 Å². The summed E-state index contributed by atoms with van der Waals surface area (Å²) in [7, 11) is 1.64. The molecular weight excluding hydrogens is 460 g/mol. The van der Waals surface area contributed by atoms with E-state index in [0.717, 1.165) is 29.0 Å². The maximum atomic E-state index is 13.1. The minimum Gasteiger partial charge on any atom is -0.357 e. The number of thiophene rings is 1. The van der Waals surface area contributed by atoms with Crippen molar-refractivity contribution in [3.05, 3.63) is 53.7 Å². The van der Waals surface area contributed by atoms with E-state index in [1.54, 1.807) is 29.1 Å². The lowest BCUT2D eigenvalue weighted by Crippen LogP contribution is -2.56. The Kier molecular flexibility index (Phi) is 6.34. The number of nitrogens with zero attached hydrogens (tertiary/aromatic N) is 5. The van der Waals surface area contributed by atoms with Crippen molar-refractivity contribution >= 4 is 34.5 Å². The Hall–Kier alpha value is -3.59. The number of pyridine rings is 1. The lowest BCUT2D eigenvalue weighted by molar-refractivity contribution is -0.123. The zero-order valence-corrected chi connectivity index (χ0v) is 20.9. The van der Waals surface area contributed by atoms with Crippen molar-refractivity contribution in [1.29, 1.82) is 0 Å². The molecule has 0 aromatic carbocycles. The molecule has 8 nitrogen and oxygen atoms in total. The minimum atomic E-state index is -0.283. The van der Waals surface area contributed by atoms with Gasteiger partial charge in [-0.05, 0) is 48.4 Å². The second-order valence-corrected chi connectivity index (χ2v) is 10.1. The molecule has 4 aromatic heterocycles. The van der Waals surface area contributed by atoms with Crippen LogP contribution in [0.5, 0.6) is 0 Å². The largest absolute Gasteiger partial charge is 0.357 e. The highest BCUT2D eigenvalue weighted by molar-refractivity contribution is 7.13. The number of aromatic nitrogens is 4. The highest BCUT2D eigenvalue weighted by Gasteiger charge is 2.35. The Morgan fingerprint density at radius 2 is 2.06 bits per heavy atom. The molecule has 0 saturated carbocycles. The van der Waals surface area contributed by atoms with Crippen LogP contribution < -0.4 is 10.2 Å². The standard InChI is InChI=1S/C26H28N6O2S/c1-16(2)6-7-22(33)17-13-20(29-24(14-17)31-10-9-21(31)26(34)27-3)18-15-28-32-11-8-19(30-25(18)32)23-5-4-12-35-23/h4-5,8,11-16,21H,6-7,9-10H2,1-3H3,(H,27,34)/t21-/m0/s1. The number of rotatable bonds is 8. The number of fused-ring (bicyclic) bond motifs is 1. The Morgan fingerprint density at radius 3 is 2.74 bits per heavy atom. The highest BCUT2D eigenvalue weighted by Crippen LogP contribution is 2.32. The van der Waals surface area contributed by atoms with Gasteiger partial charge in [-0.3, -0.25) is 9.59 Å². The van der Waals surface area contributed by atoms with E-state index in [2.05, 4.69) is 24.3 Å². The van der Waals surface area contributed by atoms with Gasteiger partial charge in [0.1, 0.15) is 11.9 Å². The third-order valence-corrected chi connectivity index (χ3v) is 7.26. The maximum absolute atomic E-state index is 13.1. The number of ketones is 1. The number of anilines is 1. The van der Waals surface area contributed by atoms with E-state index in [1.165, 1.54) is 0 Å². The molecular formula is C26H28N6O2S. The van der Waals surface area contributed by atoms with Crippen molar-refractivity contribution in [1.82, 2.24) is 24.9 Å². The minimum absolute atomic E-state index is 0.0469. The number of carbonyl (C=O) groups is 2. The third kappa shape index (κ3) is 4.55. The van der Waals surface area contributed by atoms with Gasteiger partial charge in [0.2, 0.25) is 5.91 Å². The van der Waals surface area contributed by atoms with Crippen LogP contribution in [-0.4, -0.2) is 50.9 Å². The molecule has 1 saturated heterocycles. The molecule has 1 N–H and O–H groups in total. The third-order valence-electron chi connectivity index (χ3n) is 6.36. The summed E-state index contributed by atoms with van der Waals surface area (Å²) in [5, 5.41) is 9.22. The first-order valence-corrected chi connectivity index (χ1v) is 12.7.